The van der Waals surface area contributed by atoms with Crippen LogP contribution >= 0.6 is 11.8 Å². The first-order valence-electron chi connectivity index (χ1n) is 7.29. The Bertz CT molecular complexity index is 730. The van der Waals surface area contributed by atoms with Crippen LogP contribution in [-0.2, 0) is 11.8 Å². The molecule has 1 amide bonds. The van der Waals surface area contributed by atoms with E-state index in [1.54, 1.807) is 4.68 Å². The van der Waals surface area contributed by atoms with Gasteiger partial charge in [0.15, 0.2) is 0 Å². The van der Waals surface area contributed by atoms with Crippen molar-refractivity contribution in [2.24, 2.45) is 0 Å². The Labute approximate surface area is 134 Å². The largest absolute Gasteiger partial charge is 0.352 e. The van der Waals surface area contributed by atoms with Gasteiger partial charge in [-0.3, -0.25) is 9.63 Å². The third kappa shape index (κ3) is 2.57. The second-order valence-corrected chi connectivity index (χ2v) is 6.71. The monoisotopic (exact) mass is 318 g/mol. The highest BCUT2D eigenvalue weighted by Crippen LogP contribution is 2.27. The molecule has 0 bridgehead atoms. The molecule has 0 atom stereocenters. The number of halogens is 1. The van der Waals surface area contributed by atoms with Crippen molar-refractivity contribution in [3.8, 4) is 5.69 Å². The van der Waals surface area contributed by atoms with Crippen molar-refractivity contribution in [3.05, 3.63) is 41.1 Å². The number of hydrogen-bond acceptors (Lipinski definition) is 3. The lowest BCUT2D eigenvalue weighted by atomic mass is 9.92. The van der Waals surface area contributed by atoms with Gasteiger partial charge in [0, 0.05) is 35.4 Å². The standard InChI is InChI=1S/C16H19ClN4O/c1-16(2,3)13-9-14(19-17)21(20-13)11-5-4-10-6-7-18-15(22)12(10)8-11/h4-5,8-9,19H,6-7H2,1-3H3,(H,18,22). The van der Waals surface area contributed by atoms with Crippen LogP contribution < -0.4 is 10.2 Å². The van der Waals surface area contributed by atoms with Crippen molar-refractivity contribution in [1.29, 1.82) is 0 Å². The van der Waals surface area contributed by atoms with E-state index in [2.05, 4.69) is 36.0 Å². The summed E-state index contributed by atoms with van der Waals surface area (Å²) < 4.78 is 1.73. The van der Waals surface area contributed by atoms with Crippen LogP contribution in [0.2, 0.25) is 0 Å². The molecule has 3 rings (SSSR count). The van der Waals surface area contributed by atoms with E-state index < -0.39 is 0 Å². The molecular weight excluding hydrogens is 300 g/mol. The number of amides is 1. The molecule has 0 saturated carbocycles. The third-order valence-corrected chi connectivity index (χ3v) is 4.03. The van der Waals surface area contributed by atoms with Gasteiger partial charge in [0.1, 0.15) is 5.82 Å². The number of fused-ring (bicyclic) bond motifs is 1. The van der Waals surface area contributed by atoms with E-state index in [1.165, 1.54) is 0 Å². The molecule has 2 N–H and O–H groups in total. The van der Waals surface area contributed by atoms with E-state index in [9.17, 15) is 4.79 Å². The molecule has 1 aliphatic heterocycles. The van der Waals surface area contributed by atoms with E-state index in [0.29, 0.717) is 17.9 Å². The fourth-order valence-electron chi connectivity index (χ4n) is 2.54. The SMILES string of the molecule is CC(C)(C)c1cc(NCl)n(-c2ccc3c(c2)C(=O)NCC3)n1. The molecule has 1 aliphatic rings. The number of rotatable bonds is 2. The molecule has 0 radical (unpaired) electrons. The number of nitrogens with zero attached hydrogens (tertiary/aromatic N) is 2. The zero-order valence-corrected chi connectivity index (χ0v) is 13.7. The Morgan fingerprint density at radius 1 is 1.32 bits per heavy atom. The lowest BCUT2D eigenvalue weighted by Gasteiger charge is -2.18. The van der Waals surface area contributed by atoms with Gasteiger partial charge in [-0.1, -0.05) is 26.8 Å². The fourth-order valence-corrected chi connectivity index (χ4v) is 2.68. The van der Waals surface area contributed by atoms with Crippen LogP contribution in [0.1, 0.15) is 42.4 Å². The number of hydrogen-bond donors (Lipinski definition) is 2. The smallest absolute Gasteiger partial charge is 0.251 e. The lowest BCUT2D eigenvalue weighted by Crippen LogP contribution is -2.31. The summed E-state index contributed by atoms with van der Waals surface area (Å²) in [6.07, 6.45) is 0.855. The third-order valence-electron chi connectivity index (χ3n) is 3.84. The molecule has 6 heteroatoms. The second-order valence-electron chi connectivity index (χ2n) is 6.52. The highest BCUT2D eigenvalue weighted by atomic mass is 35.5. The molecule has 5 nitrogen and oxygen atoms in total. The summed E-state index contributed by atoms with van der Waals surface area (Å²) in [5.41, 5.74) is 3.43. The molecule has 22 heavy (non-hydrogen) atoms. The molecular formula is C16H19ClN4O. The van der Waals surface area contributed by atoms with Gasteiger partial charge in [0.2, 0.25) is 0 Å². The quantitative estimate of drug-likeness (QED) is 0.837. The molecule has 0 aliphatic carbocycles. The van der Waals surface area contributed by atoms with Gasteiger partial charge in [-0.2, -0.15) is 5.10 Å². The summed E-state index contributed by atoms with van der Waals surface area (Å²) in [6.45, 7) is 6.98. The molecule has 1 aromatic carbocycles. The van der Waals surface area contributed by atoms with Crippen LogP contribution in [0.4, 0.5) is 5.82 Å². The predicted octanol–water partition coefficient (Wildman–Crippen LogP) is 3.02. The molecule has 1 aromatic heterocycles. The number of benzene rings is 1. The minimum atomic E-state index is -0.0840. The highest BCUT2D eigenvalue weighted by Gasteiger charge is 2.22. The number of anilines is 1. The first-order chi connectivity index (χ1) is 10.4. The Hall–Kier alpha value is -2.01. The van der Waals surface area contributed by atoms with E-state index >= 15 is 0 Å². The van der Waals surface area contributed by atoms with E-state index in [-0.39, 0.29) is 11.3 Å². The van der Waals surface area contributed by atoms with Crippen molar-refractivity contribution in [1.82, 2.24) is 15.1 Å². The number of aromatic nitrogens is 2. The van der Waals surface area contributed by atoms with E-state index in [1.807, 2.05) is 24.3 Å². The van der Waals surface area contributed by atoms with E-state index in [0.717, 1.165) is 23.4 Å². The first kappa shape index (κ1) is 14.9. The zero-order valence-electron chi connectivity index (χ0n) is 12.9. The summed E-state index contributed by atoms with van der Waals surface area (Å²) >= 11 is 5.83. The summed E-state index contributed by atoms with van der Waals surface area (Å²) in [5, 5.41) is 7.50. The lowest BCUT2D eigenvalue weighted by molar-refractivity contribution is 0.0946. The fraction of sp³-hybridized carbons (Fsp3) is 0.375. The molecule has 0 fully saturated rings. The van der Waals surface area contributed by atoms with Gasteiger partial charge < -0.3 is 5.32 Å². The first-order valence-corrected chi connectivity index (χ1v) is 7.66. The minimum Gasteiger partial charge on any atom is -0.352 e. The zero-order chi connectivity index (χ0) is 15.9. The van der Waals surface area contributed by atoms with Crippen molar-refractivity contribution in [3.63, 3.8) is 0 Å². The van der Waals surface area contributed by atoms with Gasteiger partial charge in [-0.25, -0.2) is 4.68 Å². The number of carbonyl (C=O) groups is 1. The van der Waals surface area contributed by atoms with Crippen LogP contribution in [0.3, 0.4) is 0 Å². The molecule has 0 saturated heterocycles. The van der Waals surface area contributed by atoms with Gasteiger partial charge in [0.05, 0.1) is 11.4 Å². The average Bonchev–Trinajstić information content (AvgIpc) is 2.92. The maximum absolute atomic E-state index is 12.0. The minimum absolute atomic E-state index is 0.0355. The Kier molecular flexibility index (Phi) is 3.60. The topological polar surface area (TPSA) is 59.0 Å². The number of carbonyl (C=O) groups excluding carboxylic acids is 1. The van der Waals surface area contributed by atoms with Crippen LogP contribution in [-0.4, -0.2) is 22.2 Å². The average molecular weight is 319 g/mol. The van der Waals surface area contributed by atoms with Crippen molar-refractivity contribution < 1.29 is 4.79 Å². The van der Waals surface area contributed by atoms with Gasteiger partial charge in [-0.15, -0.1) is 0 Å². The summed E-state index contributed by atoms with van der Waals surface area (Å²) in [6, 6.07) is 7.74. The second kappa shape index (κ2) is 5.32. The van der Waals surface area contributed by atoms with E-state index in [4.69, 9.17) is 11.8 Å². The Morgan fingerprint density at radius 2 is 2.09 bits per heavy atom. The van der Waals surface area contributed by atoms with Crippen LogP contribution in [0.25, 0.3) is 5.69 Å². The van der Waals surface area contributed by atoms with Crippen LogP contribution in [0.5, 0.6) is 0 Å². The summed E-state index contributed by atoms with van der Waals surface area (Å²) in [4.78, 5) is 14.7. The normalized spacial score (nSPS) is 14.5. The predicted molar refractivity (Wildman–Crippen MR) is 87.8 cm³/mol. The van der Waals surface area contributed by atoms with Gasteiger partial charge >= 0.3 is 0 Å². The number of nitrogens with one attached hydrogen (secondary N) is 2. The Morgan fingerprint density at radius 3 is 2.77 bits per heavy atom. The van der Waals surface area contributed by atoms with Gasteiger partial charge in [-0.05, 0) is 24.1 Å². The summed E-state index contributed by atoms with van der Waals surface area (Å²) in [7, 11) is 0. The molecule has 2 heterocycles. The van der Waals surface area contributed by atoms with Gasteiger partial charge in [0.25, 0.3) is 5.91 Å². The molecule has 116 valence electrons. The van der Waals surface area contributed by atoms with Crippen LogP contribution in [0.15, 0.2) is 24.3 Å². The van der Waals surface area contributed by atoms with Crippen LogP contribution in [0, 0.1) is 0 Å². The maximum Gasteiger partial charge on any atom is 0.251 e. The molecule has 0 spiro atoms. The molecule has 2 aromatic rings. The highest BCUT2D eigenvalue weighted by molar-refractivity contribution is 6.23. The van der Waals surface area contributed by atoms with Crippen molar-refractivity contribution in [2.75, 3.05) is 11.4 Å². The van der Waals surface area contributed by atoms with Crippen molar-refractivity contribution in [2.45, 2.75) is 32.6 Å². The molecule has 0 unspecified atom stereocenters. The Balaban J connectivity index is 2.10. The maximum atomic E-state index is 12.0. The summed E-state index contributed by atoms with van der Waals surface area (Å²) in [5.74, 6) is 0.648. The van der Waals surface area contributed by atoms with Crippen molar-refractivity contribution >= 4 is 23.5 Å².